The van der Waals surface area contributed by atoms with E-state index in [0.29, 0.717) is 17.3 Å². The number of hydrogen-bond acceptors (Lipinski definition) is 4. The van der Waals surface area contributed by atoms with Gasteiger partial charge in [0, 0.05) is 11.4 Å². The van der Waals surface area contributed by atoms with Gasteiger partial charge in [0.1, 0.15) is 5.00 Å². The van der Waals surface area contributed by atoms with E-state index >= 15 is 0 Å². The molecule has 0 amide bonds. The molecule has 0 bridgehead atoms. The van der Waals surface area contributed by atoms with E-state index in [1.807, 2.05) is 43.3 Å². The standard InChI is InChI=1S/C24H34N2O2S2/c1-3-5-6-7-8-9-10-14-17-25-24(29)26-22-20(23(27)28-4-2)18-21(30-22)19-15-12-11-13-16-19/h11-13,15-16,18H,3-10,14,17H2,1-2H3,(H2,25,26,29). The van der Waals surface area contributed by atoms with Crippen LogP contribution in [0.5, 0.6) is 0 Å². The zero-order valence-corrected chi connectivity index (χ0v) is 19.8. The van der Waals surface area contributed by atoms with Crippen LogP contribution in [-0.2, 0) is 4.74 Å². The van der Waals surface area contributed by atoms with Gasteiger partial charge in [0.25, 0.3) is 0 Å². The Balaban J connectivity index is 1.84. The molecule has 2 aromatic rings. The van der Waals surface area contributed by atoms with Crippen molar-refractivity contribution in [1.82, 2.24) is 5.32 Å². The third-order valence-corrected chi connectivity index (χ3v) is 6.17. The van der Waals surface area contributed by atoms with Gasteiger partial charge in [-0.1, -0.05) is 82.2 Å². The fourth-order valence-electron chi connectivity index (χ4n) is 3.20. The minimum Gasteiger partial charge on any atom is -0.462 e. The van der Waals surface area contributed by atoms with Crippen molar-refractivity contribution in [2.75, 3.05) is 18.5 Å². The van der Waals surface area contributed by atoms with Gasteiger partial charge in [0.05, 0.1) is 12.2 Å². The Morgan fingerprint density at radius 2 is 1.67 bits per heavy atom. The van der Waals surface area contributed by atoms with E-state index in [1.54, 1.807) is 0 Å². The number of thiocarbonyl (C=S) groups is 1. The topological polar surface area (TPSA) is 50.4 Å². The fourth-order valence-corrected chi connectivity index (χ4v) is 4.52. The van der Waals surface area contributed by atoms with Crippen LogP contribution in [0.2, 0.25) is 0 Å². The van der Waals surface area contributed by atoms with Crippen LogP contribution in [0, 0.1) is 0 Å². The van der Waals surface area contributed by atoms with Crippen molar-refractivity contribution in [3.05, 3.63) is 42.0 Å². The molecule has 0 aliphatic heterocycles. The number of thiophene rings is 1. The SMILES string of the molecule is CCCCCCCCCCNC(=S)Nc1sc(-c2ccccc2)cc1C(=O)OCC. The van der Waals surface area contributed by atoms with Crippen LogP contribution in [0.25, 0.3) is 10.4 Å². The first kappa shape index (κ1) is 24.4. The molecule has 1 heterocycles. The second kappa shape index (κ2) is 14.1. The molecule has 0 fully saturated rings. The molecule has 2 N–H and O–H groups in total. The normalized spacial score (nSPS) is 10.6. The number of unbranched alkanes of at least 4 members (excludes halogenated alkanes) is 7. The van der Waals surface area contributed by atoms with Crippen LogP contribution in [0.15, 0.2) is 36.4 Å². The summed E-state index contributed by atoms with van der Waals surface area (Å²) in [6.45, 7) is 5.24. The van der Waals surface area contributed by atoms with Crippen LogP contribution >= 0.6 is 23.6 Å². The van der Waals surface area contributed by atoms with Crippen molar-refractivity contribution in [3.8, 4) is 10.4 Å². The van der Waals surface area contributed by atoms with Crippen LogP contribution in [0.4, 0.5) is 5.00 Å². The van der Waals surface area contributed by atoms with Gasteiger partial charge < -0.3 is 15.4 Å². The fraction of sp³-hybridized carbons (Fsp3) is 0.500. The molecule has 0 aliphatic rings. The van der Waals surface area contributed by atoms with E-state index in [4.69, 9.17) is 17.0 Å². The molecule has 0 spiro atoms. The lowest BCUT2D eigenvalue weighted by molar-refractivity contribution is 0.0528. The largest absolute Gasteiger partial charge is 0.462 e. The minimum absolute atomic E-state index is 0.329. The maximum absolute atomic E-state index is 12.4. The molecule has 2 rings (SSSR count). The smallest absolute Gasteiger partial charge is 0.341 e. The van der Waals surface area contributed by atoms with Gasteiger partial charge in [0.2, 0.25) is 0 Å². The van der Waals surface area contributed by atoms with Gasteiger partial charge in [-0.2, -0.15) is 0 Å². The first-order chi connectivity index (χ1) is 14.7. The molecule has 6 heteroatoms. The van der Waals surface area contributed by atoms with Gasteiger partial charge in [-0.15, -0.1) is 11.3 Å². The number of esters is 1. The van der Waals surface area contributed by atoms with Crippen molar-refractivity contribution in [1.29, 1.82) is 0 Å². The van der Waals surface area contributed by atoms with Gasteiger partial charge in [-0.3, -0.25) is 0 Å². The van der Waals surface area contributed by atoms with E-state index < -0.39 is 0 Å². The summed E-state index contributed by atoms with van der Waals surface area (Å²) in [6, 6.07) is 11.9. The zero-order valence-electron chi connectivity index (χ0n) is 18.2. The average molecular weight is 447 g/mol. The third kappa shape index (κ3) is 8.44. The number of carbonyl (C=O) groups excluding carboxylic acids is 1. The van der Waals surface area contributed by atoms with Crippen molar-refractivity contribution in [3.63, 3.8) is 0 Å². The summed E-state index contributed by atoms with van der Waals surface area (Å²) in [7, 11) is 0. The minimum atomic E-state index is -0.329. The molecule has 0 radical (unpaired) electrons. The Kier molecular flexibility index (Phi) is 11.5. The molecule has 0 atom stereocenters. The van der Waals surface area contributed by atoms with Crippen molar-refractivity contribution in [2.45, 2.75) is 65.2 Å². The Morgan fingerprint density at radius 3 is 2.33 bits per heavy atom. The summed E-state index contributed by atoms with van der Waals surface area (Å²) >= 11 is 6.97. The molecule has 0 saturated heterocycles. The molecule has 4 nitrogen and oxygen atoms in total. The average Bonchev–Trinajstić information content (AvgIpc) is 3.17. The Hall–Kier alpha value is -1.92. The number of anilines is 1. The summed E-state index contributed by atoms with van der Waals surface area (Å²) in [4.78, 5) is 13.4. The van der Waals surface area contributed by atoms with E-state index in [0.717, 1.165) is 28.4 Å². The monoisotopic (exact) mass is 446 g/mol. The predicted octanol–water partition coefficient (Wildman–Crippen LogP) is 7.02. The van der Waals surface area contributed by atoms with E-state index in [2.05, 4.69) is 17.6 Å². The van der Waals surface area contributed by atoms with Crippen molar-refractivity contribution < 1.29 is 9.53 Å². The molecule has 1 aromatic heterocycles. The van der Waals surface area contributed by atoms with Gasteiger partial charge in [-0.25, -0.2) is 4.79 Å². The first-order valence-electron chi connectivity index (χ1n) is 11.1. The second-order valence-corrected chi connectivity index (χ2v) is 8.76. The van der Waals surface area contributed by atoms with Crippen LogP contribution < -0.4 is 10.6 Å². The summed E-state index contributed by atoms with van der Waals surface area (Å²) in [6.07, 6.45) is 10.3. The van der Waals surface area contributed by atoms with Crippen LogP contribution in [-0.4, -0.2) is 24.2 Å². The highest BCUT2D eigenvalue weighted by Crippen LogP contribution is 2.35. The highest BCUT2D eigenvalue weighted by Gasteiger charge is 2.18. The number of rotatable bonds is 13. The van der Waals surface area contributed by atoms with Crippen molar-refractivity contribution >= 4 is 39.6 Å². The van der Waals surface area contributed by atoms with Crippen molar-refractivity contribution in [2.24, 2.45) is 0 Å². The summed E-state index contributed by atoms with van der Waals surface area (Å²) in [5, 5.41) is 7.74. The molecule has 0 saturated carbocycles. The zero-order chi connectivity index (χ0) is 21.6. The quantitative estimate of drug-likeness (QED) is 0.197. The Morgan fingerprint density at radius 1 is 1.00 bits per heavy atom. The third-order valence-electron chi connectivity index (χ3n) is 4.83. The second-order valence-electron chi connectivity index (χ2n) is 7.30. The van der Waals surface area contributed by atoms with Gasteiger partial charge in [0.15, 0.2) is 5.11 Å². The van der Waals surface area contributed by atoms with Crippen LogP contribution in [0.1, 0.15) is 75.6 Å². The van der Waals surface area contributed by atoms with Gasteiger partial charge in [-0.05, 0) is 37.2 Å². The van der Waals surface area contributed by atoms with E-state index in [-0.39, 0.29) is 5.97 Å². The Bertz CT molecular complexity index is 775. The lowest BCUT2D eigenvalue weighted by Crippen LogP contribution is -2.29. The molecule has 1 aromatic carbocycles. The highest BCUT2D eigenvalue weighted by molar-refractivity contribution is 7.80. The maximum atomic E-state index is 12.4. The summed E-state index contributed by atoms with van der Waals surface area (Å²) in [5.41, 5.74) is 1.59. The lowest BCUT2D eigenvalue weighted by Gasteiger charge is -2.10. The maximum Gasteiger partial charge on any atom is 0.341 e. The van der Waals surface area contributed by atoms with E-state index in [9.17, 15) is 4.79 Å². The molecule has 0 unspecified atom stereocenters. The Labute approximate surface area is 190 Å². The van der Waals surface area contributed by atoms with Crippen LogP contribution in [0.3, 0.4) is 0 Å². The van der Waals surface area contributed by atoms with E-state index in [1.165, 1.54) is 56.3 Å². The summed E-state index contributed by atoms with van der Waals surface area (Å²) in [5.74, 6) is -0.329. The number of hydrogen-bond donors (Lipinski definition) is 2. The number of nitrogens with one attached hydrogen (secondary N) is 2. The number of ether oxygens (including phenoxy) is 1. The highest BCUT2D eigenvalue weighted by atomic mass is 32.1. The lowest BCUT2D eigenvalue weighted by atomic mass is 10.1. The number of benzene rings is 1. The molecular weight excluding hydrogens is 412 g/mol. The summed E-state index contributed by atoms with van der Waals surface area (Å²) < 4.78 is 5.22. The predicted molar refractivity (Wildman–Crippen MR) is 133 cm³/mol. The molecule has 30 heavy (non-hydrogen) atoms. The number of carbonyl (C=O) groups is 1. The molecule has 164 valence electrons. The molecular formula is C24H34N2O2S2. The first-order valence-corrected chi connectivity index (χ1v) is 12.3. The molecule has 0 aliphatic carbocycles. The van der Waals surface area contributed by atoms with Gasteiger partial charge >= 0.3 is 5.97 Å².